The molecule has 1 aliphatic rings. The van der Waals surface area contributed by atoms with Crippen LogP contribution in [0.15, 0.2) is 35.9 Å². The second-order valence-corrected chi connectivity index (χ2v) is 4.74. The van der Waals surface area contributed by atoms with Gasteiger partial charge in [0, 0.05) is 18.6 Å². The Morgan fingerprint density at radius 3 is 3.00 bits per heavy atom. The largest absolute Gasteiger partial charge is 0.299 e. The Morgan fingerprint density at radius 2 is 2.18 bits per heavy atom. The van der Waals surface area contributed by atoms with Gasteiger partial charge >= 0.3 is 0 Å². The first-order valence-electron chi connectivity index (χ1n) is 6.02. The third kappa shape index (κ3) is 3.21. The molecule has 90 valence electrons. The van der Waals surface area contributed by atoms with Crippen molar-refractivity contribution in [2.24, 2.45) is 0 Å². The Balaban J connectivity index is 2.24. The summed E-state index contributed by atoms with van der Waals surface area (Å²) in [5.74, 6) is 0. The summed E-state index contributed by atoms with van der Waals surface area (Å²) < 4.78 is 0. The van der Waals surface area contributed by atoms with Gasteiger partial charge in [-0.3, -0.25) is 4.90 Å². The molecular formula is C15H18ClN. The van der Waals surface area contributed by atoms with Crippen molar-refractivity contribution in [2.45, 2.75) is 12.8 Å². The lowest BCUT2D eigenvalue weighted by atomic mass is 9.99. The van der Waals surface area contributed by atoms with E-state index < -0.39 is 0 Å². The summed E-state index contributed by atoms with van der Waals surface area (Å²) in [7, 11) is 2.13. The van der Waals surface area contributed by atoms with E-state index in [-0.39, 0.29) is 0 Å². The Bertz CT molecular complexity index is 516. The molecule has 2 heteroatoms. The summed E-state index contributed by atoms with van der Waals surface area (Å²) in [4.78, 5) is 2.29. The van der Waals surface area contributed by atoms with Gasteiger partial charge in [0.2, 0.25) is 0 Å². The van der Waals surface area contributed by atoms with Crippen LogP contribution >= 0.6 is 11.6 Å². The fraction of sp³-hybridized carbons (Fsp3) is 0.333. The lowest BCUT2D eigenvalue weighted by Gasteiger charge is -2.18. The number of likely N-dealkylation sites (N-methyl/N-ethyl adjacent to an activating group) is 1. The maximum absolute atomic E-state index is 5.55. The monoisotopic (exact) mass is 247 g/mol. The maximum atomic E-state index is 5.55. The fourth-order valence-electron chi connectivity index (χ4n) is 2.31. The van der Waals surface area contributed by atoms with Crippen LogP contribution in [0.2, 0.25) is 0 Å². The number of fused-ring (bicyclic) bond motifs is 1. The highest BCUT2D eigenvalue weighted by Gasteiger charge is 2.06. The number of nitrogens with zero attached hydrogens (tertiary/aromatic N) is 1. The van der Waals surface area contributed by atoms with Crippen molar-refractivity contribution in [3.05, 3.63) is 46.3 Å². The van der Waals surface area contributed by atoms with E-state index in [1.54, 1.807) is 5.54 Å². The van der Waals surface area contributed by atoms with Crippen molar-refractivity contribution in [3.63, 3.8) is 0 Å². The molecule has 0 heterocycles. The average Bonchev–Trinajstić information content (AvgIpc) is 2.37. The molecule has 0 spiro atoms. The molecule has 0 saturated carbocycles. The molecule has 0 unspecified atom stereocenters. The minimum Gasteiger partial charge on any atom is -0.299 e. The van der Waals surface area contributed by atoms with Gasteiger partial charge in [-0.1, -0.05) is 48.0 Å². The molecule has 1 aliphatic carbocycles. The maximum Gasteiger partial charge on any atom is 0.0202 e. The summed E-state index contributed by atoms with van der Waals surface area (Å²) in [6.45, 7) is 1.92. The molecule has 1 aromatic rings. The van der Waals surface area contributed by atoms with Crippen LogP contribution in [0.4, 0.5) is 0 Å². The normalized spacial score (nSPS) is 15.1. The SMILES string of the molecule is CN(C/C=C/Cl)CC1=c2ccccc2=CCC1. The van der Waals surface area contributed by atoms with E-state index in [0.717, 1.165) is 19.5 Å². The van der Waals surface area contributed by atoms with Crippen LogP contribution in [0.1, 0.15) is 12.8 Å². The second kappa shape index (κ2) is 6.04. The standard InChI is InChI=1S/C15H18ClN/c1-17(11-5-10-16)12-14-8-4-7-13-6-2-3-9-15(13)14/h2-3,5-7,9-10H,4,8,11-12H2,1H3/b10-5+. The minimum atomic E-state index is 0.902. The zero-order valence-corrected chi connectivity index (χ0v) is 11.0. The molecule has 0 aliphatic heterocycles. The molecule has 0 atom stereocenters. The highest BCUT2D eigenvalue weighted by Crippen LogP contribution is 2.09. The molecule has 2 rings (SSSR count). The fourth-order valence-corrected chi connectivity index (χ4v) is 2.39. The Hall–Kier alpha value is -1.05. The van der Waals surface area contributed by atoms with Crippen molar-refractivity contribution < 1.29 is 0 Å². The van der Waals surface area contributed by atoms with Gasteiger partial charge in [-0.25, -0.2) is 0 Å². The lowest BCUT2D eigenvalue weighted by molar-refractivity contribution is 0.414. The topological polar surface area (TPSA) is 3.24 Å². The van der Waals surface area contributed by atoms with Gasteiger partial charge < -0.3 is 0 Å². The molecule has 1 aromatic carbocycles. The van der Waals surface area contributed by atoms with Crippen LogP contribution < -0.4 is 10.4 Å². The van der Waals surface area contributed by atoms with Gasteiger partial charge in [0.15, 0.2) is 0 Å². The van der Waals surface area contributed by atoms with E-state index in [1.165, 1.54) is 22.4 Å². The molecule has 0 bridgehead atoms. The van der Waals surface area contributed by atoms with Crippen molar-refractivity contribution >= 4 is 23.3 Å². The van der Waals surface area contributed by atoms with E-state index in [0.29, 0.717) is 0 Å². The van der Waals surface area contributed by atoms with E-state index >= 15 is 0 Å². The zero-order chi connectivity index (χ0) is 12.1. The van der Waals surface area contributed by atoms with Crippen LogP contribution in [0.3, 0.4) is 0 Å². The first-order valence-corrected chi connectivity index (χ1v) is 6.46. The zero-order valence-electron chi connectivity index (χ0n) is 10.2. The van der Waals surface area contributed by atoms with Crippen molar-refractivity contribution in [3.8, 4) is 0 Å². The predicted molar refractivity (Wildman–Crippen MR) is 75.3 cm³/mol. The molecule has 0 saturated heterocycles. The highest BCUT2D eigenvalue weighted by molar-refractivity contribution is 6.25. The van der Waals surface area contributed by atoms with E-state index in [4.69, 9.17) is 11.6 Å². The molecule has 0 N–H and O–H groups in total. The van der Waals surface area contributed by atoms with Gasteiger partial charge in [-0.15, -0.1) is 0 Å². The summed E-state index contributed by atoms with van der Waals surface area (Å²) >= 11 is 5.55. The number of halogens is 1. The second-order valence-electron chi connectivity index (χ2n) is 4.49. The summed E-state index contributed by atoms with van der Waals surface area (Å²) in [5, 5.41) is 2.80. The molecule has 0 fully saturated rings. The molecular weight excluding hydrogens is 230 g/mol. The Kier molecular flexibility index (Phi) is 4.41. The van der Waals surface area contributed by atoms with E-state index in [9.17, 15) is 0 Å². The highest BCUT2D eigenvalue weighted by atomic mass is 35.5. The quantitative estimate of drug-likeness (QED) is 0.788. The first-order chi connectivity index (χ1) is 8.31. The van der Waals surface area contributed by atoms with E-state index in [2.05, 4.69) is 42.3 Å². The van der Waals surface area contributed by atoms with Crippen molar-refractivity contribution in [1.29, 1.82) is 0 Å². The van der Waals surface area contributed by atoms with Gasteiger partial charge in [0.1, 0.15) is 0 Å². The number of benzene rings is 1. The Morgan fingerprint density at radius 1 is 1.35 bits per heavy atom. The third-order valence-electron chi connectivity index (χ3n) is 3.12. The van der Waals surface area contributed by atoms with Crippen molar-refractivity contribution in [2.75, 3.05) is 20.1 Å². The van der Waals surface area contributed by atoms with Crippen LogP contribution in [-0.2, 0) is 0 Å². The molecule has 17 heavy (non-hydrogen) atoms. The van der Waals surface area contributed by atoms with Crippen LogP contribution in [-0.4, -0.2) is 25.0 Å². The summed E-state index contributed by atoms with van der Waals surface area (Å²) in [6, 6.07) is 8.66. The predicted octanol–water partition coefficient (Wildman–Crippen LogP) is 2.10. The van der Waals surface area contributed by atoms with Crippen LogP contribution in [0, 0.1) is 0 Å². The molecule has 0 amide bonds. The number of rotatable bonds is 4. The first kappa shape index (κ1) is 12.4. The average molecular weight is 248 g/mol. The van der Waals surface area contributed by atoms with E-state index in [1.807, 2.05) is 6.08 Å². The van der Waals surface area contributed by atoms with Gasteiger partial charge in [-0.05, 0) is 35.9 Å². The van der Waals surface area contributed by atoms with Crippen LogP contribution in [0.25, 0.3) is 11.6 Å². The molecule has 0 radical (unpaired) electrons. The molecule has 1 nitrogen and oxygen atoms in total. The smallest absolute Gasteiger partial charge is 0.0202 e. The minimum absolute atomic E-state index is 0.902. The summed E-state index contributed by atoms with van der Waals surface area (Å²) in [6.07, 6.45) is 6.64. The van der Waals surface area contributed by atoms with Crippen LogP contribution in [0.5, 0.6) is 0 Å². The van der Waals surface area contributed by atoms with Gasteiger partial charge in [0.25, 0.3) is 0 Å². The Labute approximate surface area is 108 Å². The number of hydrogen-bond donors (Lipinski definition) is 0. The van der Waals surface area contributed by atoms with Gasteiger partial charge in [0.05, 0.1) is 0 Å². The van der Waals surface area contributed by atoms with Crippen molar-refractivity contribution in [1.82, 2.24) is 4.90 Å². The van der Waals surface area contributed by atoms with Gasteiger partial charge in [-0.2, -0.15) is 0 Å². The third-order valence-corrected chi connectivity index (χ3v) is 3.30. The summed E-state index contributed by atoms with van der Waals surface area (Å²) in [5.41, 5.74) is 3.12. The lowest BCUT2D eigenvalue weighted by Crippen LogP contribution is -2.33. The number of hydrogen-bond acceptors (Lipinski definition) is 1. The molecule has 0 aromatic heterocycles.